The molecule has 124 valence electrons. The number of ether oxygens (including phenoxy) is 1. The minimum atomic E-state index is -0.642. The van der Waals surface area contributed by atoms with Crippen LogP contribution < -0.4 is 5.32 Å². The fraction of sp³-hybridized carbons (Fsp3) is 0.688. The molecule has 0 aromatic carbocycles. The Bertz CT molecular complexity index is 452. The number of nitrogens with zero attached hydrogens (tertiary/aromatic N) is 1. The summed E-state index contributed by atoms with van der Waals surface area (Å²) in [5.41, 5.74) is 0. The highest BCUT2D eigenvalue weighted by atomic mass is 32.1. The number of carbonyl (C=O) groups is 1. The van der Waals surface area contributed by atoms with Gasteiger partial charge in [-0.25, -0.2) is 0 Å². The van der Waals surface area contributed by atoms with Gasteiger partial charge in [0.25, 0.3) is 0 Å². The molecule has 0 spiro atoms. The van der Waals surface area contributed by atoms with Gasteiger partial charge in [-0.3, -0.25) is 4.79 Å². The smallest absolute Gasteiger partial charge is 0.225 e. The van der Waals surface area contributed by atoms with Crippen LogP contribution in [0.3, 0.4) is 0 Å². The normalized spacial score (nSPS) is 24.8. The summed E-state index contributed by atoms with van der Waals surface area (Å²) >= 11 is 1.57. The highest BCUT2D eigenvalue weighted by Gasteiger charge is 2.37. The maximum Gasteiger partial charge on any atom is 0.225 e. The summed E-state index contributed by atoms with van der Waals surface area (Å²) in [6.07, 6.45) is 1.78. The minimum absolute atomic E-state index is 0.0601. The Morgan fingerprint density at radius 1 is 1.59 bits per heavy atom. The lowest BCUT2D eigenvalue weighted by molar-refractivity contribution is -0.121. The summed E-state index contributed by atoms with van der Waals surface area (Å²) in [4.78, 5) is 15.2. The molecule has 1 saturated heterocycles. The van der Waals surface area contributed by atoms with Crippen LogP contribution in [0.5, 0.6) is 0 Å². The van der Waals surface area contributed by atoms with E-state index < -0.39 is 6.10 Å². The van der Waals surface area contributed by atoms with Gasteiger partial charge in [-0.1, -0.05) is 19.4 Å². The van der Waals surface area contributed by atoms with Crippen molar-refractivity contribution >= 4 is 17.2 Å². The predicted molar refractivity (Wildman–Crippen MR) is 88.1 cm³/mol. The summed E-state index contributed by atoms with van der Waals surface area (Å²) in [5.74, 6) is -0.0601. The second-order valence-electron chi connectivity index (χ2n) is 5.91. The van der Waals surface area contributed by atoms with E-state index in [0.29, 0.717) is 19.6 Å². The molecule has 2 N–H and O–H groups in total. The van der Waals surface area contributed by atoms with Crippen molar-refractivity contribution in [1.29, 1.82) is 0 Å². The first-order valence-corrected chi connectivity index (χ1v) is 8.78. The van der Waals surface area contributed by atoms with Gasteiger partial charge in [0.1, 0.15) is 6.10 Å². The Kier molecular flexibility index (Phi) is 6.82. The zero-order chi connectivity index (χ0) is 15.9. The molecule has 0 saturated carbocycles. The number of nitrogens with one attached hydrogen (secondary N) is 1. The first-order chi connectivity index (χ1) is 10.6. The fourth-order valence-corrected chi connectivity index (χ4v) is 3.33. The van der Waals surface area contributed by atoms with Crippen LogP contribution in [0.15, 0.2) is 17.5 Å². The first kappa shape index (κ1) is 17.4. The van der Waals surface area contributed by atoms with E-state index in [4.69, 9.17) is 4.74 Å². The number of likely N-dealkylation sites (N-methyl/N-ethyl adjacent to an activating group) is 1. The van der Waals surface area contributed by atoms with Crippen LogP contribution in [0.4, 0.5) is 0 Å². The molecule has 0 radical (unpaired) electrons. The van der Waals surface area contributed by atoms with Gasteiger partial charge in [0, 0.05) is 11.4 Å². The zero-order valence-corrected chi connectivity index (χ0v) is 14.1. The standard InChI is InChI=1S/C16H26N2O3S/c1-3-4-7-18(2)10-14-16(20)13(11-21-14)17-15(19)9-12-6-5-8-22-12/h5-6,8,13-14,16,20H,3-4,7,9-11H2,1-2H3,(H,17,19). The van der Waals surface area contributed by atoms with Crippen LogP contribution in [0.1, 0.15) is 24.6 Å². The molecule has 6 heteroatoms. The summed E-state index contributed by atoms with van der Waals surface area (Å²) in [6.45, 7) is 4.23. The van der Waals surface area contributed by atoms with Crippen molar-refractivity contribution < 1.29 is 14.6 Å². The fourth-order valence-electron chi connectivity index (χ4n) is 2.63. The summed E-state index contributed by atoms with van der Waals surface area (Å²) in [5, 5.41) is 15.2. The van der Waals surface area contributed by atoms with Gasteiger partial charge in [-0.2, -0.15) is 0 Å². The van der Waals surface area contributed by atoms with Crippen molar-refractivity contribution in [3.8, 4) is 0 Å². The lowest BCUT2D eigenvalue weighted by Crippen LogP contribution is -2.46. The number of hydrogen-bond acceptors (Lipinski definition) is 5. The molecule has 0 aliphatic carbocycles. The van der Waals surface area contributed by atoms with Gasteiger partial charge in [-0.05, 0) is 31.5 Å². The number of hydrogen-bond donors (Lipinski definition) is 2. The van der Waals surface area contributed by atoms with Crippen molar-refractivity contribution in [2.24, 2.45) is 0 Å². The van der Waals surface area contributed by atoms with E-state index in [9.17, 15) is 9.90 Å². The van der Waals surface area contributed by atoms with E-state index in [2.05, 4.69) is 17.1 Å². The van der Waals surface area contributed by atoms with Gasteiger partial charge in [0.15, 0.2) is 0 Å². The average Bonchev–Trinajstić information content (AvgIpc) is 3.10. The van der Waals surface area contributed by atoms with Gasteiger partial charge in [-0.15, -0.1) is 11.3 Å². The van der Waals surface area contributed by atoms with Crippen molar-refractivity contribution in [2.75, 3.05) is 26.7 Å². The van der Waals surface area contributed by atoms with Gasteiger partial charge >= 0.3 is 0 Å². The Morgan fingerprint density at radius 2 is 2.41 bits per heavy atom. The molecule has 1 aliphatic rings. The average molecular weight is 326 g/mol. The van der Waals surface area contributed by atoms with Crippen LogP contribution >= 0.6 is 11.3 Å². The van der Waals surface area contributed by atoms with Crippen LogP contribution in [0.2, 0.25) is 0 Å². The van der Waals surface area contributed by atoms with Crippen LogP contribution in [-0.4, -0.2) is 60.9 Å². The second kappa shape index (κ2) is 8.62. The van der Waals surface area contributed by atoms with E-state index in [1.807, 2.05) is 24.6 Å². The van der Waals surface area contributed by atoms with Crippen molar-refractivity contribution in [3.05, 3.63) is 22.4 Å². The third kappa shape index (κ3) is 5.05. The molecular formula is C16H26N2O3S. The largest absolute Gasteiger partial charge is 0.388 e. The SMILES string of the molecule is CCCCN(C)CC1OCC(NC(=O)Cc2cccs2)C1O. The first-order valence-electron chi connectivity index (χ1n) is 7.90. The van der Waals surface area contributed by atoms with Crippen LogP contribution in [0, 0.1) is 0 Å². The van der Waals surface area contributed by atoms with Gasteiger partial charge in [0.05, 0.1) is 25.2 Å². The van der Waals surface area contributed by atoms with Crippen molar-refractivity contribution in [2.45, 2.75) is 44.4 Å². The molecule has 5 nitrogen and oxygen atoms in total. The number of carbonyl (C=O) groups excluding carboxylic acids is 1. The Morgan fingerprint density at radius 3 is 3.09 bits per heavy atom. The molecule has 22 heavy (non-hydrogen) atoms. The van der Waals surface area contributed by atoms with Crippen molar-refractivity contribution in [3.63, 3.8) is 0 Å². The molecule has 1 aromatic heterocycles. The number of amides is 1. The molecule has 1 amide bonds. The summed E-state index contributed by atoms with van der Waals surface area (Å²) in [7, 11) is 2.04. The topological polar surface area (TPSA) is 61.8 Å². The predicted octanol–water partition coefficient (Wildman–Crippen LogP) is 1.27. The molecule has 1 aliphatic heterocycles. The highest BCUT2D eigenvalue weighted by molar-refractivity contribution is 7.10. The number of thiophene rings is 1. The molecule has 1 fully saturated rings. The molecular weight excluding hydrogens is 300 g/mol. The third-order valence-corrected chi connectivity index (χ3v) is 4.81. The Hall–Kier alpha value is -0.950. The number of rotatable bonds is 8. The maximum absolute atomic E-state index is 12.0. The van der Waals surface area contributed by atoms with E-state index >= 15 is 0 Å². The van der Waals surface area contributed by atoms with Gasteiger partial charge < -0.3 is 20.1 Å². The van der Waals surface area contributed by atoms with E-state index in [1.165, 1.54) is 0 Å². The third-order valence-electron chi connectivity index (χ3n) is 3.93. The Balaban J connectivity index is 1.75. The maximum atomic E-state index is 12.0. The van der Waals surface area contributed by atoms with E-state index in [0.717, 1.165) is 24.3 Å². The van der Waals surface area contributed by atoms with Crippen LogP contribution in [0.25, 0.3) is 0 Å². The van der Waals surface area contributed by atoms with Crippen LogP contribution in [-0.2, 0) is 16.0 Å². The molecule has 0 bridgehead atoms. The number of unbranched alkanes of at least 4 members (excludes halogenated alkanes) is 1. The number of aliphatic hydroxyl groups excluding tert-OH is 1. The Labute approximate surface area is 136 Å². The van der Waals surface area contributed by atoms with E-state index in [-0.39, 0.29) is 18.1 Å². The lowest BCUT2D eigenvalue weighted by atomic mass is 10.1. The molecule has 2 heterocycles. The van der Waals surface area contributed by atoms with Crippen molar-refractivity contribution in [1.82, 2.24) is 10.2 Å². The van der Waals surface area contributed by atoms with Gasteiger partial charge in [0.2, 0.25) is 5.91 Å². The quantitative estimate of drug-likeness (QED) is 0.755. The summed E-state index contributed by atoms with van der Waals surface area (Å²) in [6, 6.07) is 3.57. The molecule has 2 rings (SSSR count). The lowest BCUT2D eigenvalue weighted by Gasteiger charge is -2.23. The molecule has 3 atom stereocenters. The number of aliphatic hydroxyl groups is 1. The van der Waals surface area contributed by atoms with E-state index in [1.54, 1.807) is 11.3 Å². The molecule has 1 aromatic rings. The second-order valence-corrected chi connectivity index (χ2v) is 6.94. The summed E-state index contributed by atoms with van der Waals surface area (Å²) < 4.78 is 5.66. The molecule has 3 unspecified atom stereocenters. The zero-order valence-electron chi connectivity index (χ0n) is 13.3. The monoisotopic (exact) mass is 326 g/mol. The highest BCUT2D eigenvalue weighted by Crippen LogP contribution is 2.16. The minimum Gasteiger partial charge on any atom is -0.388 e.